The number of hydrogen-bond acceptors (Lipinski definition) is 3. The zero-order valence-electron chi connectivity index (χ0n) is 10.4. The number of amides is 1. The summed E-state index contributed by atoms with van der Waals surface area (Å²) in [6, 6.07) is 7.39. The van der Waals surface area contributed by atoms with Gasteiger partial charge in [-0.2, -0.15) is 0 Å². The molecule has 0 aromatic heterocycles. The average Bonchev–Trinajstić information content (AvgIpc) is 2.40. The van der Waals surface area contributed by atoms with Crippen molar-refractivity contribution in [2.75, 3.05) is 33.3 Å². The van der Waals surface area contributed by atoms with Crippen LogP contribution in [-0.4, -0.2) is 50.2 Å². The summed E-state index contributed by atoms with van der Waals surface area (Å²) < 4.78 is 6.56. The Morgan fingerprint density at radius 1 is 1.50 bits per heavy atom. The SMILES string of the molecule is CN(CC1CNCCO1)C(=O)c1ccc(Br)cc1. The van der Waals surface area contributed by atoms with E-state index in [0.29, 0.717) is 18.7 Å². The highest BCUT2D eigenvalue weighted by atomic mass is 79.9. The zero-order chi connectivity index (χ0) is 13.0. The molecule has 1 heterocycles. The van der Waals surface area contributed by atoms with E-state index < -0.39 is 0 Å². The quantitative estimate of drug-likeness (QED) is 0.920. The molecule has 1 N–H and O–H groups in total. The number of benzene rings is 1. The van der Waals surface area contributed by atoms with Gasteiger partial charge in [-0.05, 0) is 24.3 Å². The first-order valence-electron chi connectivity index (χ1n) is 6.00. The highest BCUT2D eigenvalue weighted by molar-refractivity contribution is 9.10. The molecule has 0 radical (unpaired) electrons. The molecule has 0 bridgehead atoms. The number of nitrogens with zero attached hydrogens (tertiary/aromatic N) is 1. The molecule has 1 saturated heterocycles. The van der Waals surface area contributed by atoms with Gasteiger partial charge in [-0.1, -0.05) is 15.9 Å². The molecule has 98 valence electrons. The highest BCUT2D eigenvalue weighted by Gasteiger charge is 2.19. The maximum Gasteiger partial charge on any atom is 0.253 e. The Hall–Kier alpha value is -0.910. The number of hydrogen-bond donors (Lipinski definition) is 1. The van der Waals surface area contributed by atoms with Gasteiger partial charge < -0.3 is 15.0 Å². The van der Waals surface area contributed by atoms with Crippen LogP contribution in [0.3, 0.4) is 0 Å². The van der Waals surface area contributed by atoms with E-state index in [1.165, 1.54) is 0 Å². The molecular formula is C13H17BrN2O2. The van der Waals surface area contributed by atoms with E-state index >= 15 is 0 Å². The molecule has 1 amide bonds. The smallest absolute Gasteiger partial charge is 0.253 e. The van der Waals surface area contributed by atoms with Crippen LogP contribution in [-0.2, 0) is 4.74 Å². The fourth-order valence-electron chi connectivity index (χ4n) is 1.94. The molecule has 5 heteroatoms. The molecular weight excluding hydrogens is 296 g/mol. The Bertz CT molecular complexity index is 402. The summed E-state index contributed by atoms with van der Waals surface area (Å²) in [5.74, 6) is 0.0247. The van der Waals surface area contributed by atoms with Gasteiger partial charge in [-0.25, -0.2) is 0 Å². The molecule has 18 heavy (non-hydrogen) atoms. The topological polar surface area (TPSA) is 41.6 Å². The van der Waals surface area contributed by atoms with Crippen molar-refractivity contribution < 1.29 is 9.53 Å². The number of halogens is 1. The van der Waals surface area contributed by atoms with Crippen molar-refractivity contribution >= 4 is 21.8 Å². The second-order valence-electron chi connectivity index (χ2n) is 4.39. The van der Waals surface area contributed by atoms with Crippen LogP contribution < -0.4 is 5.32 Å². The minimum atomic E-state index is 0.0247. The highest BCUT2D eigenvalue weighted by Crippen LogP contribution is 2.12. The van der Waals surface area contributed by atoms with E-state index in [4.69, 9.17) is 4.74 Å². The number of likely N-dealkylation sites (N-methyl/N-ethyl adjacent to an activating group) is 1. The summed E-state index contributed by atoms with van der Waals surface area (Å²) >= 11 is 3.36. The molecule has 1 aliphatic rings. The van der Waals surface area contributed by atoms with Crippen molar-refractivity contribution in [1.82, 2.24) is 10.2 Å². The number of ether oxygens (including phenoxy) is 1. The second-order valence-corrected chi connectivity index (χ2v) is 5.31. The Balaban J connectivity index is 1.93. The lowest BCUT2D eigenvalue weighted by Crippen LogP contribution is -2.45. The molecule has 4 nitrogen and oxygen atoms in total. The van der Waals surface area contributed by atoms with E-state index in [0.717, 1.165) is 17.6 Å². The van der Waals surface area contributed by atoms with Crippen LogP contribution >= 0.6 is 15.9 Å². The van der Waals surface area contributed by atoms with Gasteiger partial charge in [0.25, 0.3) is 5.91 Å². The predicted molar refractivity (Wildman–Crippen MR) is 73.7 cm³/mol. The van der Waals surface area contributed by atoms with Gasteiger partial charge in [0, 0.05) is 36.7 Å². The third-order valence-electron chi connectivity index (χ3n) is 2.92. The molecule has 1 fully saturated rings. The molecule has 0 saturated carbocycles. The molecule has 1 atom stereocenters. The fourth-order valence-corrected chi connectivity index (χ4v) is 2.20. The van der Waals surface area contributed by atoms with E-state index in [9.17, 15) is 4.79 Å². The third-order valence-corrected chi connectivity index (χ3v) is 3.45. The summed E-state index contributed by atoms with van der Waals surface area (Å²) in [4.78, 5) is 13.9. The van der Waals surface area contributed by atoms with Gasteiger partial charge in [0.1, 0.15) is 0 Å². The van der Waals surface area contributed by atoms with Crippen molar-refractivity contribution in [3.05, 3.63) is 34.3 Å². The maximum atomic E-state index is 12.2. The summed E-state index contributed by atoms with van der Waals surface area (Å²) in [5.41, 5.74) is 0.699. The third kappa shape index (κ3) is 3.54. The largest absolute Gasteiger partial charge is 0.374 e. The first-order valence-corrected chi connectivity index (χ1v) is 6.79. The van der Waals surface area contributed by atoms with Crippen LogP contribution in [0.25, 0.3) is 0 Å². The van der Waals surface area contributed by atoms with Crippen molar-refractivity contribution in [3.63, 3.8) is 0 Å². The molecule has 0 aliphatic carbocycles. The first kappa shape index (κ1) is 13.5. The lowest BCUT2D eigenvalue weighted by molar-refractivity contribution is 0.0104. The lowest BCUT2D eigenvalue weighted by Gasteiger charge is -2.28. The molecule has 1 aliphatic heterocycles. The number of morpholine rings is 1. The van der Waals surface area contributed by atoms with Gasteiger partial charge in [-0.3, -0.25) is 4.79 Å². The second kappa shape index (κ2) is 6.31. The van der Waals surface area contributed by atoms with Crippen molar-refractivity contribution in [2.45, 2.75) is 6.10 Å². The minimum absolute atomic E-state index is 0.0247. The van der Waals surface area contributed by atoms with Crippen molar-refractivity contribution in [3.8, 4) is 0 Å². The zero-order valence-corrected chi connectivity index (χ0v) is 11.9. The monoisotopic (exact) mass is 312 g/mol. The van der Waals surface area contributed by atoms with Gasteiger partial charge in [0.2, 0.25) is 0 Å². The molecule has 2 rings (SSSR count). The molecule has 1 aromatic rings. The first-order chi connectivity index (χ1) is 8.66. The Morgan fingerprint density at radius 3 is 2.83 bits per heavy atom. The predicted octanol–water partition coefficient (Wildman–Crippen LogP) is 1.51. The van der Waals surface area contributed by atoms with Crippen LogP contribution in [0.2, 0.25) is 0 Å². The van der Waals surface area contributed by atoms with Crippen molar-refractivity contribution in [1.29, 1.82) is 0 Å². The van der Waals surface area contributed by atoms with E-state index in [1.807, 2.05) is 31.3 Å². The van der Waals surface area contributed by atoms with Gasteiger partial charge in [0.05, 0.1) is 12.7 Å². The summed E-state index contributed by atoms with van der Waals surface area (Å²) in [7, 11) is 1.81. The Labute approximate surface area is 115 Å². The Morgan fingerprint density at radius 2 is 2.22 bits per heavy atom. The van der Waals surface area contributed by atoms with Crippen molar-refractivity contribution in [2.24, 2.45) is 0 Å². The number of carbonyl (C=O) groups is 1. The summed E-state index contributed by atoms with van der Waals surface area (Å²) in [6.07, 6.45) is 0.0862. The molecule has 1 aromatic carbocycles. The number of nitrogens with one attached hydrogen (secondary N) is 1. The van der Waals surface area contributed by atoms with Gasteiger partial charge >= 0.3 is 0 Å². The summed E-state index contributed by atoms with van der Waals surface area (Å²) in [5, 5.41) is 3.26. The van der Waals surface area contributed by atoms with Crippen LogP contribution in [0.15, 0.2) is 28.7 Å². The standard InChI is InChI=1S/C13H17BrN2O2/c1-16(9-12-8-15-6-7-18-12)13(17)10-2-4-11(14)5-3-10/h2-5,12,15H,6-9H2,1H3. The van der Waals surface area contributed by atoms with Crippen LogP contribution in [0.5, 0.6) is 0 Å². The lowest BCUT2D eigenvalue weighted by atomic mass is 10.2. The van der Waals surface area contributed by atoms with Gasteiger partial charge in [-0.15, -0.1) is 0 Å². The van der Waals surface area contributed by atoms with Crippen LogP contribution in [0.4, 0.5) is 0 Å². The Kier molecular flexibility index (Phi) is 4.74. The minimum Gasteiger partial charge on any atom is -0.374 e. The van der Waals surface area contributed by atoms with E-state index in [-0.39, 0.29) is 12.0 Å². The number of rotatable bonds is 3. The van der Waals surface area contributed by atoms with Crippen LogP contribution in [0.1, 0.15) is 10.4 Å². The van der Waals surface area contributed by atoms with E-state index in [1.54, 1.807) is 4.90 Å². The maximum absolute atomic E-state index is 12.2. The normalized spacial score (nSPS) is 19.6. The molecule has 0 spiro atoms. The number of carbonyl (C=O) groups excluding carboxylic acids is 1. The average molecular weight is 313 g/mol. The van der Waals surface area contributed by atoms with Gasteiger partial charge in [0.15, 0.2) is 0 Å². The fraction of sp³-hybridized carbons (Fsp3) is 0.462. The summed E-state index contributed by atoms with van der Waals surface area (Å²) in [6.45, 7) is 3.02. The van der Waals surface area contributed by atoms with Crippen LogP contribution in [0, 0.1) is 0 Å². The van der Waals surface area contributed by atoms with E-state index in [2.05, 4.69) is 21.2 Å². The molecule has 1 unspecified atom stereocenters.